The maximum absolute atomic E-state index is 4.49. The molecule has 3 aromatic rings. The minimum atomic E-state index is 0.981. The second-order valence-electron chi connectivity index (χ2n) is 4.14. The molecule has 16 heavy (non-hydrogen) atoms. The van der Waals surface area contributed by atoms with Crippen molar-refractivity contribution in [2.75, 3.05) is 0 Å². The van der Waals surface area contributed by atoms with E-state index < -0.39 is 0 Å². The van der Waals surface area contributed by atoms with Crippen LogP contribution in [0.4, 0.5) is 0 Å². The summed E-state index contributed by atoms with van der Waals surface area (Å²) in [7, 11) is 0. The van der Waals surface area contributed by atoms with Crippen LogP contribution in [-0.4, -0.2) is 9.55 Å². The van der Waals surface area contributed by atoms with Gasteiger partial charge in [0.2, 0.25) is 0 Å². The summed E-state index contributed by atoms with van der Waals surface area (Å²) >= 11 is 0. The standard InChI is InChI=1S/C14H14N2/c1-3-16-12-5-4-8-15-14(12)11-7-6-10(2)9-13(11)16/h4-9H,3H2,1-2H3. The number of aromatic nitrogens is 2. The van der Waals surface area contributed by atoms with Crippen LogP contribution in [-0.2, 0) is 6.54 Å². The van der Waals surface area contributed by atoms with E-state index in [1.54, 1.807) is 0 Å². The average molecular weight is 210 g/mol. The first-order valence-corrected chi connectivity index (χ1v) is 5.65. The molecular weight excluding hydrogens is 196 g/mol. The Morgan fingerprint density at radius 2 is 2.06 bits per heavy atom. The van der Waals surface area contributed by atoms with Gasteiger partial charge in [0.25, 0.3) is 0 Å². The van der Waals surface area contributed by atoms with Crippen LogP contribution in [0.5, 0.6) is 0 Å². The zero-order valence-electron chi connectivity index (χ0n) is 9.57. The van der Waals surface area contributed by atoms with Crippen LogP contribution in [0.3, 0.4) is 0 Å². The molecule has 0 saturated heterocycles. The molecule has 0 unspecified atom stereocenters. The summed E-state index contributed by atoms with van der Waals surface area (Å²) in [5.41, 5.74) is 4.92. The van der Waals surface area contributed by atoms with Crippen molar-refractivity contribution in [1.29, 1.82) is 0 Å². The lowest BCUT2D eigenvalue weighted by atomic mass is 10.2. The number of aryl methyl sites for hydroxylation is 2. The van der Waals surface area contributed by atoms with Gasteiger partial charge in [0.15, 0.2) is 0 Å². The van der Waals surface area contributed by atoms with Gasteiger partial charge in [-0.15, -0.1) is 0 Å². The second-order valence-corrected chi connectivity index (χ2v) is 4.14. The Bertz CT molecular complexity index is 665. The highest BCUT2D eigenvalue weighted by atomic mass is 15.0. The molecule has 80 valence electrons. The van der Waals surface area contributed by atoms with Crippen LogP contribution in [0.15, 0.2) is 36.5 Å². The Kier molecular flexibility index (Phi) is 1.96. The molecule has 0 N–H and O–H groups in total. The molecule has 0 radical (unpaired) electrons. The molecule has 0 bridgehead atoms. The van der Waals surface area contributed by atoms with E-state index in [4.69, 9.17) is 0 Å². The minimum absolute atomic E-state index is 0.981. The number of pyridine rings is 1. The van der Waals surface area contributed by atoms with Crippen molar-refractivity contribution >= 4 is 21.9 Å². The van der Waals surface area contributed by atoms with E-state index in [1.165, 1.54) is 22.0 Å². The van der Waals surface area contributed by atoms with Crippen molar-refractivity contribution < 1.29 is 0 Å². The minimum Gasteiger partial charge on any atom is -0.339 e. The highest BCUT2D eigenvalue weighted by molar-refractivity contribution is 6.05. The summed E-state index contributed by atoms with van der Waals surface area (Å²) in [5, 5.41) is 1.25. The Balaban J connectivity index is 2.58. The number of benzene rings is 1. The van der Waals surface area contributed by atoms with Crippen molar-refractivity contribution in [3.05, 3.63) is 42.1 Å². The predicted octanol–water partition coefficient (Wildman–Crippen LogP) is 3.52. The fourth-order valence-electron chi connectivity index (χ4n) is 2.36. The maximum atomic E-state index is 4.49. The van der Waals surface area contributed by atoms with Gasteiger partial charge in [0.1, 0.15) is 0 Å². The monoisotopic (exact) mass is 210 g/mol. The third-order valence-electron chi connectivity index (χ3n) is 3.09. The van der Waals surface area contributed by atoms with Crippen LogP contribution in [0, 0.1) is 6.92 Å². The van der Waals surface area contributed by atoms with Gasteiger partial charge < -0.3 is 4.57 Å². The van der Waals surface area contributed by atoms with Gasteiger partial charge >= 0.3 is 0 Å². The fraction of sp³-hybridized carbons (Fsp3) is 0.214. The summed E-state index contributed by atoms with van der Waals surface area (Å²) in [4.78, 5) is 4.49. The van der Waals surface area contributed by atoms with E-state index in [9.17, 15) is 0 Å². The molecule has 2 nitrogen and oxygen atoms in total. The van der Waals surface area contributed by atoms with Crippen molar-refractivity contribution in [2.24, 2.45) is 0 Å². The molecule has 0 atom stereocenters. The lowest BCUT2D eigenvalue weighted by molar-refractivity contribution is 0.826. The van der Waals surface area contributed by atoms with Crippen molar-refractivity contribution in [1.82, 2.24) is 9.55 Å². The quantitative estimate of drug-likeness (QED) is 0.601. The van der Waals surface area contributed by atoms with Gasteiger partial charge in [-0.05, 0) is 37.6 Å². The number of fused-ring (bicyclic) bond motifs is 3. The molecule has 0 saturated carbocycles. The lowest BCUT2D eigenvalue weighted by Crippen LogP contribution is -1.92. The van der Waals surface area contributed by atoms with Crippen LogP contribution in [0.25, 0.3) is 21.9 Å². The SMILES string of the molecule is CCn1c2cc(C)ccc2c2ncccc21. The summed E-state index contributed by atoms with van der Waals surface area (Å²) in [6, 6.07) is 10.7. The third-order valence-corrected chi connectivity index (χ3v) is 3.09. The van der Waals surface area contributed by atoms with Crippen molar-refractivity contribution in [3.63, 3.8) is 0 Å². The first-order chi connectivity index (χ1) is 7.81. The smallest absolute Gasteiger partial charge is 0.0959 e. The molecule has 0 aliphatic heterocycles. The van der Waals surface area contributed by atoms with Gasteiger partial charge in [-0.2, -0.15) is 0 Å². The average Bonchev–Trinajstić information content (AvgIpc) is 2.61. The zero-order valence-corrected chi connectivity index (χ0v) is 9.57. The first-order valence-electron chi connectivity index (χ1n) is 5.65. The molecule has 0 spiro atoms. The topological polar surface area (TPSA) is 17.8 Å². The van der Waals surface area contributed by atoms with E-state index in [0.717, 1.165) is 12.1 Å². The highest BCUT2D eigenvalue weighted by Gasteiger charge is 2.09. The molecule has 2 heterocycles. The summed E-state index contributed by atoms with van der Waals surface area (Å²) in [5.74, 6) is 0. The largest absolute Gasteiger partial charge is 0.339 e. The van der Waals surface area contributed by atoms with Crippen molar-refractivity contribution in [3.8, 4) is 0 Å². The molecular formula is C14H14N2. The predicted molar refractivity (Wildman–Crippen MR) is 67.7 cm³/mol. The highest BCUT2D eigenvalue weighted by Crippen LogP contribution is 2.27. The van der Waals surface area contributed by atoms with Crippen LogP contribution >= 0.6 is 0 Å². The summed E-state index contributed by atoms with van der Waals surface area (Å²) in [6.45, 7) is 5.29. The molecule has 2 heteroatoms. The number of hydrogen-bond acceptors (Lipinski definition) is 1. The normalized spacial score (nSPS) is 11.4. The Morgan fingerprint density at radius 3 is 2.88 bits per heavy atom. The molecule has 0 aliphatic carbocycles. The Morgan fingerprint density at radius 1 is 1.19 bits per heavy atom. The Labute approximate surface area is 94.5 Å². The molecule has 3 rings (SSSR count). The zero-order chi connectivity index (χ0) is 11.1. The van der Waals surface area contributed by atoms with Crippen molar-refractivity contribution in [2.45, 2.75) is 20.4 Å². The molecule has 2 aromatic heterocycles. The van der Waals surface area contributed by atoms with Crippen LogP contribution in [0.1, 0.15) is 12.5 Å². The molecule has 0 amide bonds. The summed E-state index contributed by atoms with van der Waals surface area (Å²) < 4.78 is 2.32. The van der Waals surface area contributed by atoms with Gasteiger partial charge in [-0.25, -0.2) is 0 Å². The van der Waals surface area contributed by atoms with E-state index in [-0.39, 0.29) is 0 Å². The molecule has 1 aromatic carbocycles. The third kappa shape index (κ3) is 1.16. The van der Waals surface area contributed by atoms with Gasteiger partial charge in [-0.1, -0.05) is 12.1 Å². The van der Waals surface area contributed by atoms with Gasteiger partial charge in [0, 0.05) is 18.1 Å². The van der Waals surface area contributed by atoms with E-state index >= 15 is 0 Å². The molecule has 0 aliphatic rings. The van der Waals surface area contributed by atoms with Crippen LogP contribution < -0.4 is 0 Å². The summed E-state index contributed by atoms with van der Waals surface area (Å²) in [6.07, 6.45) is 1.86. The van der Waals surface area contributed by atoms with E-state index in [1.807, 2.05) is 12.3 Å². The number of nitrogens with zero attached hydrogens (tertiary/aromatic N) is 2. The number of rotatable bonds is 1. The van der Waals surface area contributed by atoms with E-state index in [0.29, 0.717) is 0 Å². The fourth-order valence-corrected chi connectivity index (χ4v) is 2.36. The van der Waals surface area contributed by atoms with E-state index in [2.05, 4.69) is 47.7 Å². The van der Waals surface area contributed by atoms with Crippen LogP contribution in [0.2, 0.25) is 0 Å². The van der Waals surface area contributed by atoms with Gasteiger partial charge in [0.05, 0.1) is 16.6 Å². The maximum Gasteiger partial charge on any atom is 0.0959 e. The number of hydrogen-bond donors (Lipinski definition) is 0. The second kappa shape index (κ2) is 3.34. The Hall–Kier alpha value is -1.83. The molecule has 0 fully saturated rings. The first kappa shape index (κ1) is 9.40. The lowest BCUT2D eigenvalue weighted by Gasteiger charge is -2.02. The van der Waals surface area contributed by atoms with Gasteiger partial charge in [-0.3, -0.25) is 4.98 Å².